The Kier molecular flexibility index (Phi) is 5.33. The van der Waals surface area contributed by atoms with E-state index in [0.717, 1.165) is 49.0 Å². The molecule has 2 fully saturated rings. The van der Waals surface area contributed by atoms with Gasteiger partial charge >= 0.3 is 0 Å². The molecule has 1 unspecified atom stereocenters. The Morgan fingerprint density at radius 1 is 1.22 bits per heavy atom. The van der Waals surface area contributed by atoms with Crippen molar-refractivity contribution >= 4 is 11.9 Å². The summed E-state index contributed by atoms with van der Waals surface area (Å²) in [5.74, 6) is 2.54. The maximum absolute atomic E-state index is 12.5. The lowest BCUT2D eigenvalue weighted by Gasteiger charge is -2.37. The molecule has 1 atom stereocenters. The molecular formula is C19H26N4O4. The normalized spacial score (nSPS) is 22.3. The van der Waals surface area contributed by atoms with Gasteiger partial charge in [-0.05, 0) is 18.9 Å². The number of guanidine groups is 1. The summed E-state index contributed by atoms with van der Waals surface area (Å²) in [7, 11) is 1.78. The smallest absolute Gasteiger partial charge is 0.251 e. The van der Waals surface area contributed by atoms with E-state index >= 15 is 0 Å². The standard InChI is InChI=1S/C19H26N4O4/c1-20-19(21-12-14-4-2-5-15-17(14)27-13-26-15)23-9-7-22(8-10-23)18(24)16-6-3-11-25-16/h2,4-5,16H,3,6-13H2,1H3,(H,20,21). The van der Waals surface area contributed by atoms with Gasteiger partial charge in [-0.15, -0.1) is 0 Å². The van der Waals surface area contributed by atoms with Gasteiger partial charge in [0.05, 0.1) is 0 Å². The van der Waals surface area contributed by atoms with Crippen molar-refractivity contribution in [3.8, 4) is 11.5 Å². The number of amides is 1. The minimum absolute atomic E-state index is 0.132. The molecule has 146 valence electrons. The third-order valence-electron chi connectivity index (χ3n) is 5.22. The largest absolute Gasteiger partial charge is 0.454 e. The van der Waals surface area contributed by atoms with Gasteiger partial charge < -0.3 is 29.3 Å². The number of benzene rings is 1. The van der Waals surface area contributed by atoms with E-state index < -0.39 is 0 Å². The highest BCUT2D eigenvalue weighted by Gasteiger charge is 2.31. The number of rotatable bonds is 3. The molecule has 8 nitrogen and oxygen atoms in total. The average Bonchev–Trinajstić information content (AvgIpc) is 3.40. The fourth-order valence-electron chi connectivity index (χ4n) is 3.75. The molecule has 1 amide bonds. The fraction of sp³-hybridized carbons (Fsp3) is 0.579. The quantitative estimate of drug-likeness (QED) is 0.624. The second kappa shape index (κ2) is 8.04. The maximum Gasteiger partial charge on any atom is 0.251 e. The number of nitrogens with zero attached hydrogens (tertiary/aromatic N) is 3. The number of piperazine rings is 1. The molecule has 3 heterocycles. The summed E-state index contributed by atoms with van der Waals surface area (Å²) >= 11 is 0. The van der Waals surface area contributed by atoms with Crippen molar-refractivity contribution in [3.05, 3.63) is 23.8 Å². The topological polar surface area (TPSA) is 75.6 Å². The number of aliphatic imine (C=N–C) groups is 1. The third kappa shape index (κ3) is 3.80. The summed E-state index contributed by atoms with van der Waals surface area (Å²) in [6, 6.07) is 5.89. The number of nitrogens with one attached hydrogen (secondary N) is 1. The molecule has 0 spiro atoms. The lowest BCUT2D eigenvalue weighted by Crippen LogP contribution is -2.55. The van der Waals surface area contributed by atoms with Crippen LogP contribution in [0.15, 0.2) is 23.2 Å². The van der Waals surface area contributed by atoms with E-state index in [9.17, 15) is 4.79 Å². The minimum Gasteiger partial charge on any atom is -0.454 e. The van der Waals surface area contributed by atoms with Gasteiger partial charge in [-0.25, -0.2) is 0 Å². The highest BCUT2D eigenvalue weighted by molar-refractivity contribution is 5.82. The van der Waals surface area contributed by atoms with Gasteiger partial charge in [-0.1, -0.05) is 12.1 Å². The lowest BCUT2D eigenvalue weighted by atomic mass is 10.2. The molecule has 0 bridgehead atoms. The summed E-state index contributed by atoms with van der Waals surface area (Å²) in [6.07, 6.45) is 1.58. The van der Waals surface area contributed by atoms with E-state index in [0.29, 0.717) is 26.2 Å². The van der Waals surface area contributed by atoms with Crippen molar-refractivity contribution in [2.75, 3.05) is 46.6 Å². The zero-order chi connectivity index (χ0) is 18.6. The average molecular weight is 374 g/mol. The van der Waals surface area contributed by atoms with Crippen molar-refractivity contribution in [2.45, 2.75) is 25.5 Å². The Morgan fingerprint density at radius 3 is 2.78 bits per heavy atom. The van der Waals surface area contributed by atoms with Crippen LogP contribution in [-0.2, 0) is 16.1 Å². The Balaban J connectivity index is 1.31. The SMILES string of the molecule is CN=C(NCc1cccc2c1OCO2)N1CCN(C(=O)C2CCCO2)CC1. The number of para-hydroxylation sites is 1. The van der Waals surface area contributed by atoms with Gasteiger partial charge in [0, 0.05) is 51.9 Å². The molecule has 1 aromatic rings. The zero-order valence-corrected chi connectivity index (χ0v) is 15.6. The zero-order valence-electron chi connectivity index (χ0n) is 15.6. The van der Waals surface area contributed by atoms with Gasteiger partial charge in [0.15, 0.2) is 17.5 Å². The number of fused-ring (bicyclic) bond motifs is 1. The Morgan fingerprint density at radius 2 is 2.04 bits per heavy atom. The van der Waals surface area contributed by atoms with Crippen LogP contribution in [0.25, 0.3) is 0 Å². The first-order valence-electron chi connectivity index (χ1n) is 9.50. The van der Waals surface area contributed by atoms with Gasteiger partial charge in [0.25, 0.3) is 5.91 Å². The van der Waals surface area contributed by atoms with Crippen molar-refractivity contribution in [3.63, 3.8) is 0 Å². The number of hydrogen-bond donors (Lipinski definition) is 1. The molecule has 1 aromatic carbocycles. The van der Waals surface area contributed by atoms with E-state index in [4.69, 9.17) is 14.2 Å². The molecule has 4 rings (SSSR count). The first kappa shape index (κ1) is 17.9. The van der Waals surface area contributed by atoms with Gasteiger partial charge in [0.1, 0.15) is 6.10 Å². The highest BCUT2D eigenvalue weighted by atomic mass is 16.7. The van der Waals surface area contributed by atoms with Crippen LogP contribution < -0.4 is 14.8 Å². The second-order valence-corrected chi connectivity index (χ2v) is 6.87. The summed E-state index contributed by atoms with van der Waals surface area (Å²) in [4.78, 5) is 21.0. The molecule has 1 N–H and O–H groups in total. The van der Waals surface area contributed by atoms with Crippen LogP contribution in [0, 0.1) is 0 Å². The Bertz CT molecular complexity index is 710. The predicted octanol–water partition coefficient (Wildman–Crippen LogP) is 0.814. The van der Waals surface area contributed by atoms with Crippen LogP contribution in [0.1, 0.15) is 18.4 Å². The number of carbonyl (C=O) groups excluding carboxylic acids is 1. The van der Waals surface area contributed by atoms with E-state index in [-0.39, 0.29) is 18.8 Å². The van der Waals surface area contributed by atoms with Crippen LogP contribution in [-0.4, -0.2) is 74.4 Å². The van der Waals surface area contributed by atoms with Crippen molar-refractivity contribution in [1.82, 2.24) is 15.1 Å². The van der Waals surface area contributed by atoms with Crippen LogP contribution in [0.4, 0.5) is 0 Å². The van der Waals surface area contributed by atoms with Gasteiger partial charge in [-0.2, -0.15) is 0 Å². The monoisotopic (exact) mass is 374 g/mol. The van der Waals surface area contributed by atoms with Crippen LogP contribution in [0.3, 0.4) is 0 Å². The van der Waals surface area contributed by atoms with Crippen LogP contribution >= 0.6 is 0 Å². The molecule has 3 aliphatic heterocycles. The Hall–Kier alpha value is -2.48. The molecule has 8 heteroatoms. The molecule has 0 aromatic heterocycles. The van der Waals surface area contributed by atoms with Crippen molar-refractivity contribution < 1.29 is 19.0 Å². The number of ether oxygens (including phenoxy) is 3. The molecule has 2 saturated heterocycles. The minimum atomic E-state index is -0.239. The third-order valence-corrected chi connectivity index (χ3v) is 5.22. The van der Waals surface area contributed by atoms with E-state index in [1.54, 1.807) is 7.05 Å². The van der Waals surface area contributed by atoms with E-state index in [1.807, 2.05) is 23.1 Å². The molecule has 0 saturated carbocycles. The van der Waals surface area contributed by atoms with E-state index in [2.05, 4.69) is 15.2 Å². The first-order chi connectivity index (χ1) is 13.3. The number of carbonyl (C=O) groups is 1. The maximum atomic E-state index is 12.5. The van der Waals surface area contributed by atoms with Crippen molar-refractivity contribution in [2.24, 2.45) is 4.99 Å². The highest BCUT2D eigenvalue weighted by Crippen LogP contribution is 2.35. The molecule has 27 heavy (non-hydrogen) atoms. The second-order valence-electron chi connectivity index (χ2n) is 6.87. The van der Waals surface area contributed by atoms with Crippen molar-refractivity contribution in [1.29, 1.82) is 0 Å². The molecule has 0 aliphatic carbocycles. The number of hydrogen-bond acceptors (Lipinski definition) is 5. The fourth-order valence-corrected chi connectivity index (χ4v) is 3.75. The molecule has 0 radical (unpaired) electrons. The Labute approximate surface area is 159 Å². The van der Waals surface area contributed by atoms with Crippen LogP contribution in [0.2, 0.25) is 0 Å². The van der Waals surface area contributed by atoms with E-state index in [1.165, 1.54) is 0 Å². The van der Waals surface area contributed by atoms with Gasteiger partial charge in [0.2, 0.25) is 6.79 Å². The summed E-state index contributed by atoms with van der Waals surface area (Å²) in [5, 5.41) is 3.40. The van der Waals surface area contributed by atoms with Crippen LogP contribution in [0.5, 0.6) is 11.5 Å². The molecular weight excluding hydrogens is 348 g/mol. The summed E-state index contributed by atoms with van der Waals surface area (Å²) < 4.78 is 16.5. The molecule has 3 aliphatic rings. The summed E-state index contributed by atoms with van der Waals surface area (Å²) in [5.41, 5.74) is 1.04. The summed E-state index contributed by atoms with van der Waals surface area (Å²) in [6.45, 7) is 4.46. The lowest BCUT2D eigenvalue weighted by molar-refractivity contribution is -0.142. The van der Waals surface area contributed by atoms with Gasteiger partial charge in [-0.3, -0.25) is 9.79 Å². The predicted molar refractivity (Wildman–Crippen MR) is 99.9 cm³/mol. The first-order valence-corrected chi connectivity index (χ1v) is 9.50.